The van der Waals surface area contributed by atoms with Crippen molar-refractivity contribution in [1.29, 1.82) is 0 Å². The molecule has 5 nitrogen and oxygen atoms in total. The van der Waals surface area contributed by atoms with Crippen LogP contribution in [0.25, 0.3) is 0 Å². The van der Waals surface area contributed by atoms with Gasteiger partial charge in [-0.1, -0.05) is 6.92 Å². The summed E-state index contributed by atoms with van der Waals surface area (Å²) >= 11 is 1.34. The zero-order valence-corrected chi connectivity index (χ0v) is 12.0. The second-order valence-electron chi connectivity index (χ2n) is 4.17. The molecule has 1 atom stereocenters. The summed E-state index contributed by atoms with van der Waals surface area (Å²) in [4.78, 5) is 1.08. The molecule has 0 spiro atoms. The normalized spacial score (nSPS) is 22.2. The van der Waals surface area contributed by atoms with Crippen molar-refractivity contribution in [2.24, 2.45) is 5.73 Å². The van der Waals surface area contributed by atoms with Crippen LogP contribution in [0.4, 0.5) is 0 Å². The minimum Gasteiger partial charge on any atom is -0.374 e. The summed E-state index contributed by atoms with van der Waals surface area (Å²) in [6, 6.07) is 3.56. The molecule has 18 heavy (non-hydrogen) atoms. The van der Waals surface area contributed by atoms with E-state index in [0.717, 1.165) is 11.3 Å². The second-order valence-corrected chi connectivity index (χ2v) is 7.50. The van der Waals surface area contributed by atoms with Gasteiger partial charge in [0.25, 0.3) is 10.0 Å². The minimum absolute atomic E-state index is 0.195. The fourth-order valence-electron chi connectivity index (χ4n) is 1.87. The van der Waals surface area contributed by atoms with E-state index in [0.29, 0.717) is 30.5 Å². The van der Waals surface area contributed by atoms with Crippen molar-refractivity contribution >= 4 is 21.4 Å². The average molecular weight is 290 g/mol. The molecule has 1 aliphatic heterocycles. The molecule has 7 heteroatoms. The van der Waals surface area contributed by atoms with Crippen LogP contribution in [0.3, 0.4) is 0 Å². The number of morpholine rings is 1. The molecule has 2 rings (SSSR count). The zero-order valence-electron chi connectivity index (χ0n) is 10.3. The van der Waals surface area contributed by atoms with Gasteiger partial charge in [-0.15, -0.1) is 11.3 Å². The largest absolute Gasteiger partial charge is 0.374 e. The quantitative estimate of drug-likeness (QED) is 0.884. The maximum Gasteiger partial charge on any atom is 0.252 e. The van der Waals surface area contributed by atoms with E-state index in [1.165, 1.54) is 15.6 Å². The van der Waals surface area contributed by atoms with Crippen molar-refractivity contribution in [2.45, 2.75) is 23.7 Å². The third-order valence-electron chi connectivity index (χ3n) is 2.94. The molecular weight excluding hydrogens is 272 g/mol. The lowest BCUT2D eigenvalue weighted by molar-refractivity contribution is 0.00456. The number of ether oxygens (including phenoxy) is 1. The highest BCUT2D eigenvalue weighted by atomic mass is 32.2. The van der Waals surface area contributed by atoms with Crippen LogP contribution in [0.1, 0.15) is 11.8 Å². The Morgan fingerprint density at radius 3 is 2.94 bits per heavy atom. The van der Waals surface area contributed by atoms with Gasteiger partial charge in [0.2, 0.25) is 0 Å². The van der Waals surface area contributed by atoms with E-state index in [4.69, 9.17) is 10.5 Å². The third-order valence-corrected chi connectivity index (χ3v) is 6.51. The van der Waals surface area contributed by atoms with Crippen molar-refractivity contribution in [1.82, 2.24) is 4.31 Å². The summed E-state index contributed by atoms with van der Waals surface area (Å²) in [6.07, 6.45) is 0.661. The van der Waals surface area contributed by atoms with Crippen LogP contribution in [-0.4, -0.2) is 45.1 Å². The Bertz CT molecular complexity index is 498. The molecule has 1 saturated heterocycles. The van der Waals surface area contributed by atoms with Crippen LogP contribution in [0, 0.1) is 0 Å². The van der Waals surface area contributed by atoms with Gasteiger partial charge >= 0.3 is 0 Å². The summed E-state index contributed by atoms with van der Waals surface area (Å²) in [5.41, 5.74) is 5.53. The van der Waals surface area contributed by atoms with Gasteiger partial charge in [0.1, 0.15) is 4.21 Å². The summed E-state index contributed by atoms with van der Waals surface area (Å²) in [5.74, 6) is 0. The topological polar surface area (TPSA) is 72.6 Å². The van der Waals surface area contributed by atoms with Gasteiger partial charge in [-0.05, 0) is 18.6 Å². The molecule has 0 bridgehead atoms. The van der Waals surface area contributed by atoms with E-state index < -0.39 is 10.0 Å². The van der Waals surface area contributed by atoms with E-state index in [9.17, 15) is 8.42 Å². The van der Waals surface area contributed by atoms with Gasteiger partial charge in [0, 0.05) is 24.5 Å². The van der Waals surface area contributed by atoms with Crippen molar-refractivity contribution < 1.29 is 13.2 Å². The zero-order chi connectivity index (χ0) is 13.2. The van der Waals surface area contributed by atoms with Gasteiger partial charge in [-0.2, -0.15) is 4.31 Å². The number of nitrogens with two attached hydrogens (primary N) is 1. The Labute approximate surface area is 112 Å². The summed E-state index contributed by atoms with van der Waals surface area (Å²) < 4.78 is 32.1. The lowest BCUT2D eigenvalue weighted by Crippen LogP contribution is -2.47. The average Bonchev–Trinajstić information content (AvgIpc) is 2.88. The Hall–Kier alpha value is -0.470. The molecule has 1 aromatic rings. The van der Waals surface area contributed by atoms with E-state index in [2.05, 4.69) is 0 Å². The molecule has 1 fully saturated rings. The predicted octanol–water partition coefficient (Wildman–Crippen LogP) is 0.659. The Balaban J connectivity index is 2.19. The van der Waals surface area contributed by atoms with Crippen molar-refractivity contribution in [3.8, 4) is 0 Å². The molecule has 102 valence electrons. The Morgan fingerprint density at radius 2 is 2.33 bits per heavy atom. The maximum absolute atomic E-state index is 12.4. The molecule has 2 heterocycles. The van der Waals surface area contributed by atoms with Crippen LogP contribution in [0.15, 0.2) is 16.3 Å². The highest BCUT2D eigenvalue weighted by Gasteiger charge is 2.31. The Kier molecular flexibility index (Phi) is 4.39. The molecule has 0 aromatic carbocycles. The minimum atomic E-state index is -3.38. The number of rotatable bonds is 4. The number of nitrogens with zero attached hydrogens (tertiary/aromatic N) is 1. The fourth-order valence-corrected chi connectivity index (χ4v) is 4.77. The van der Waals surface area contributed by atoms with Crippen LogP contribution in [-0.2, 0) is 21.2 Å². The fraction of sp³-hybridized carbons (Fsp3) is 0.636. The lowest BCUT2D eigenvalue weighted by Gasteiger charge is -2.31. The van der Waals surface area contributed by atoms with Crippen molar-refractivity contribution in [3.63, 3.8) is 0 Å². The van der Waals surface area contributed by atoms with Gasteiger partial charge in [-0.3, -0.25) is 0 Å². The van der Waals surface area contributed by atoms with E-state index >= 15 is 0 Å². The molecule has 0 saturated carbocycles. The number of sulfonamides is 1. The van der Waals surface area contributed by atoms with Crippen LogP contribution < -0.4 is 5.73 Å². The van der Waals surface area contributed by atoms with Gasteiger partial charge in [0.15, 0.2) is 0 Å². The third kappa shape index (κ3) is 2.75. The predicted molar refractivity (Wildman–Crippen MR) is 71.3 cm³/mol. The van der Waals surface area contributed by atoms with Crippen LogP contribution in [0.2, 0.25) is 0 Å². The first-order valence-corrected chi connectivity index (χ1v) is 8.24. The van der Waals surface area contributed by atoms with E-state index in [1.807, 2.05) is 13.0 Å². The molecular formula is C11H18N2O3S2. The van der Waals surface area contributed by atoms with Gasteiger partial charge in [-0.25, -0.2) is 8.42 Å². The smallest absolute Gasteiger partial charge is 0.252 e. The number of aryl methyl sites for hydroxylation is 1. The highest BCUT2D eigenvalue weighted by Crippen LogP contribution is 2.26. The van der Waals surface area contributed by atoms with Gasteiger partial charge < -0.3 is 10.5 Å². The summed E-state index contributed by atoms with van der Waals surface area (Å²) in [7, 11) is -3.38. The summed E-state index contributed by atoms with van der Waals surface area (Å²) in [6.45, 7) is 3.52. The van der Waals surface area contributed by atoms with Crippen molar-refractivity contribution in [3.05, 3.63) is 17.0 Å². The summed E-state index contributed by atoms with van der Waals surface area (Å²) in [5, 5.41) is 0. The molecule has 0 amide bonds. The Morgan fingerprint density at radius 1 is 1.56 bits per heavy atom. The molecule has 1 aromatic heterocycles. The van der Waals surface area contributed by atoms with Crippen molar-refractivity contribution in [2.75, 3.05) is 26.2 Å². The van der Waals surface area contributed by atoms with Gasteiger partial charge in [0.05, 0.1) is 12.7 Å². The SMILES string of the molecule is CCc1ccc(S(=O)(=O)N2CCOC(CN)C2)s1. The van der Waals surface area contributed by atoms with E-state index in [1.54, 1.807) is 6.07 Å². The first-order valence-electron chi connectivity index (χ1n) is 5.98. The van der Waals surface area contributed by atoms with Crippen LogP contribution >= 0.6 is 11.3 Å². The lowest BCUT2D eigenvalue weighted by atomic mass is 10.3. The molecule has 1 aliphatic rings. The second kappa shape index (κ2) is 5.66. The van der Waals surface area contributed by atoms with E-state index in [-0.39, 0.29) is 6.10 Å². The molecule has 1 unspecified atom stereocenters. The number of hydrogen-bond acceptors (Lipinski definition) is 5. The monoisotopic (exact) mass is 290 g/mol. The number of thiophene rings is 1. The number of hydrogen-bond donors (Lipinski definition) is 1. The highest BCUT2D eigenvalue weighted by molar-refractivity contribution is 7.91. The molecule has 2 N–H and O–H groups in total. The first-order chi connectivity index (χ1) is 8.57. The standard InChI is InChI=1S/C11H18N2O3S2/c1-2-10-3-4-11(17-10)18(14,15)13-5-6-16-9(7-12)8-13/h3-4,9H,2,5-8,12H2,1H3. The molecule has 0 aliphatic carbocycles. The molecule has 0 radical (unpaired) electrons. The van der Waals surface area contributed by atoms with Crippen LogP contribution in [0.5, 0.6) is 0 Å². The first kappa shape index (κ1) is 14.0. The maximum atomic E-state index is 12.4.